The minimum Gasteiger partial charge on any atom is -0.471 e. The summed E-state index contributed by atoms with van der Waals surface area (Å²) in [5, 5.41) is 8.22. The maximum Gasteiger partial charge on any atom is 0.233 e. The molecule has 1 aromatic rings. The summed E-state index contributed by atoms with van der Waals surface area (Å²) in [5.41, 5.74) is 0. The van der Waals surface area contributed by atoms with Crippen molar-refractivity contribution in [3.8, 4) is 5.88 Å². The molecule has 2 aliphatic rings. The van der Waals surface area contributed by atoms with Crippen molar-refractivity contribution in [3.63, 3.8) is 0 Å². The van der Waals surface area contributed by atoms with Gasteiger partial charge in [0.2, 0.25) is 21.8 Å². The number of carbonyl (C=O) groups is 1. The Kier molecular flexibility index (Phi) is 6.39. The maximum absolute atomic E-state index is 12.9. The number of anilines is 1. The molecule has 156 valence electrons. The Morgan fingerprint density at radius 1 is 1.14 bits per heavy atom. The molecular formula is C18H29N5O4S. The molecule has 0 aromatic carbocycles. The van der Waals surface area contributed by atoms with E-state index in [4.69, 9.17) is 4.74 Å². The Balaban J connectivity index is 1.53. The van der Waals surface area contributed by atoms with Gasteiger partial charge in [-0.05, 0) is 31.7 Å². The van der Waals surface area contributed by atoms with Gasteiger partial charge in [0, 0.05) is 45.7 Å². The zero-order valence-corrected chi connectivity index (χ0v) is 17.6. The molecule has 0 spiro atoms. The fraction of sp³-hybridized carbons (Fsp3) is 0.722. The lowest BCUT2D eigenvalue weighted by molar-refractivity contribution is -0.139. The number of aromatic nitrogens is 2. The first-order chi connectivity index (χ1) is 13.2. The molecule has 0 saturated carbocycles. The lowest BCUT2D eigenvalue weighted by Gasteiger charge is -2.37. The van der Waals surface area contributed by atoms with Crippen LogP contribution in [0.1, 0.15) is 25.7 Å². The average Bonchev–Trinajstić information content (AvgIpc) is 2.67. The van der Waals surface area contributed by atoms with Crippen LogP contribution in [-0.2, 0) is 14.8 Å². The largest absolute Gasteiger partial charge is 0.471 e. The Morgan fingerprint density at radius 2 is 1.86 bits per heavy atom. The summed E-state index contributed by atoms with van der Waals surface area (Å²) >= 11 is 0. The predicted octanol–water partition coefficient (Wildman–Crippen LogP) is 0.584. The summed E-state index contributed by atoms with van der Waals surface area (Å²) in [6.45, 7) is 2.08. The van der Waals surface area contributed by atoms with Crippen LogP contribution in [0.25, 0.3) is 0 Å². The summed E-state index contributed by atoms with van der Waals surface area (Å²) in [7, 11) is 0.618. The monoisotopic (exact) mass is 411 g/mol. The van der Waals surface area contributed by atoms with Crippen molar-refractivity contribution in [2.75, 3.05) is 51.4 Å². The van der Waals surface area contributed by atoms with Crippen LogP contribution >= 0.6 is 0 Å². The number of carbonyl (C=O) groups excluding carboxylic acids is 1. The van der Waals surface area contributed by atoms with Gasteiger partial charge < -0.3 is 14.5 Å². The van der Waals surface area contributed by atoms with Crippen molar-refractivity contribution >= 4 is 21.7 Å². The number of ether oxygens (including phenoxy) is 1. The number of nitrogens with zero attached hydrogens (tertiary/aromatic N) is 5. The summed E-state index contributed by atoms with van der Waals surface area (Å²) in [6, 6.07) is 3.65. The third kappa shape index (κ3) is 5.11. The predicted molar refractivity (Wildman–Crippen MR) is 106 cm³/mol. The van der Waals surface area contributed by atoms with Crippen LogP contribution in [-0.4, -0.2) is 86.4 Å². The van der Waals surface area contributed by atoms with E-state index in [1.807, 2.05) is 30.0 Å². The third-order valence-electron chi connectivity index (χ3n) is 5.33. The second-order valence-electron chi connectivity index (χ2n) is 7.73. The second kappa shape index (κ2) is 8.60. The zero-order valence-electron chi connectivity index (χ0n) is 16.7. The van der Waals surface area contributed by atoms with Gasteiger partial charge in [0.25, 0.3) is 0 Å². The normalized spacial score (nSPS) is 22.1. The molecule has 1 aromatic heterocycles. The molecule has 0 aliphatic carbocycles. The molecule has 2 aliphatic heterocycles. The van der Waals surface area contributed by atoms with Gasteiger partial charge in [0.1, 0.15) is 6.10 Å². The van der Waals surface area contributed by atoms with E-state index in [0.29, 0.717) is 38.4 Å². The van der Waals surface area contributed by atoms with Crippen molar-refractivity contribution in [2.24, 2.45) is 5.92 Å². The van der Waals surface area contributed by atoms with E-state index in [1.165, 1.54) is 10.6 Å². The molecule has 1 unspecified atom stereocenters. The molecule has 9 nitrogen and oxygen atoms in total. The van der Waals surface area contributed by atoms with Crippen molar-refractivity contribution in [1.29, 1.82) is 0 Å². The number of sulfonamides is 1. The van der Waals surface area contributed by atoms with Crippen LogP contribution in [0.3, 0.4) is 0 Å². The van der Waals surface area contributed by atoms with Gasteiger partial charge in [-0.2, -0.15) is 0 Å². The highest BCUT2D eigenvalue weighted by molar-refractivity contribution is 7.88. The van der Waals surface area contributed by atoms with Gasteiger partial charge in [-0.1, -0.05) is 0 Å². The molecule has 0 N–H and O–H groups in total. The van der Waals surface area contributed by atoms with Crippen LogP contribution in [0.5, 0.6) is 5.88 Å². The number of likely N-dealkylation sites (tertiary alicyclic amines) is 1. The Bertz CT molecular complexity index is 776. The number of amides is 1. The molecule has 3 rings (SSSR count). The average molecular weight is 412 g/mol. The smallest absolute Gasteiger partial charge is 0.233 e. The van der Waals surface area contributed by atoms with Gasteiger partial charge >= 0.3 is 0 Å². The molecule has 0 bridgehead atoms. The molecule has 3 heterocycles. The van der Waals surface area contributed by atoms with E-state index in [2.05, 4.69) is 10.2 Å². The zero-order chi connectivity index (χ0) is 20.3. The van der Waals surface area contributed by atoms with E-state index >= 15 is 0 Å². The van der Waals surface area contributed by atoms with Crippen LogP contribution in [0.2, 0.25) is 0 Å². The summed E-state index contributed by atoms with van der Waals surface area (Å²) in [5.74, 6) is 1.21. The molecule has 28 heavy (non-hydrogen) atoms. The van der Waals surface area contributed by atoms with Crippen LogP contribution in [0.4, 0.5) is 5.82 Å². The molecule has 0 radical (unpaired) electrons. The van der Waals surface area contributed by atoms with E-state index in [1.54, 1.807) is 6.07 Å². The Hall–Kier alpha value is -1.94. The van der Waals surface area contributed by atoms with Gasteiger partial charge in [-0.25, -0.2) is 12.7 Å². The topological polar surface area (TPSA) is 95.9 Å². The second-order valence-corrected chi connectivity index (χ2v) is 9.71. The van der Waals surface area contributed by atoms with Crippen molar-refractivity contribution < 1.29 is 17.9 Å². The van der Waals surface area contributed by atoms with Crippen molar-refractivity contribution in [2.45, 2.75) is 31.8 Å². The third-order valence-corrected chi connectivity index (χ3v) is 6.64. The van der Waals surface area contributed by atoms with E-state index in [-0.39, 0.29) is 17.9 Å². The Labute approximate surface area is 166 Å². The first-order valence-electron chi connectivity index (χ1n) is 9.65. The minimum absolute atomic E-state index is 0.103. The molecule has 10 heteroatoms. The van der Waals surface area contributed by atoms with Gasteiger partial charge in [-0.15, -0.1) is 10.2 Å². The molecule has 2 fully saturated rings. The number of rotatable bonds is 5. The van der Waals surface area contributed by atoms with Crippen LogP contribution < -0.4 is 9.64 Å². The minimum atomic E-state index is -3.18. The fourth-order valence-electron chi connectivity index (χ4n) is 3.71. The van der Waals surface area contributed by atoms with Crippen LogP contribution in [0, 0.1) is 5.92 Å². The van der Waals surface area contributed by atoms with Gasteiger partial charge in [-0.3, -0.25) is 4.79 Å². The quantitative estimate of drug-likeness (QED) is 0.699. The standard InChI is InChI=1S/C18H29N5O4S/c1-21(2)16-6-7-17(20-19-16)27-15-5-4-10-22(13-15)18(24)14-8-11-23(12-9-14)28(3,25)26/h6-7,14-15H,4-5,8-13H2,1-3H3. The highest BCUT2D eigenvalue weighted by Gasteiger charge is 2.33. The van der Waals surface area contributed by atoms with E-state index < -0.39 is 10.0 Å². The lowest BCUT2D eigenvalue weighted by atomic mass is 9.95. The highest BCUT2D eigenvalue weighted by Crippen LogP contribution is 2.24. The molecule has 2 saturated heterocycles. The first-order valence-corrected chi connectivity index (χ1v) is 11.5. The van der Waals surface area contributed by atoms with E-state index in [0.717, 1.165) is 25.2 Å². The summed E-state index contributed by atoms with van der Waals surface area (Å²) in [4.78, 5) is 16.6. The van der Waals surface area contributed by atoms with Crippen molar-refractivity contribution in [1.82, 2.24) is 19.4 Å². The number of hydrogen-bond donors (Lipinski definition) is 0. The first kappa shape index (κ1) is 20.8. The summed E-state index contributed by atoms with van der Waals surface area (Å²) in [6.07, 6.45) is 4.01. The number of hydrogen-bond acceptors (Lipinski definition) is 7. The SMILES string of the molecule is CN(C)c1ccc(OC2CCCN(C(=O)C3CCN(S(C)(=O)=O)CC3)C2)nn1. The molecule has 1 atom stereocenters. The fourth-order valence-corrected chi connectivity index (χ4v) is 4.59. The lowest BCUT2D eigenvalue weighted by Crippen LogP contribution is -2.49. The van der Waals surface area contributed by atoms with E-state index in [9.17, 15) is 13.2 Å². The van der Waals surface area contributed by atoms with Gasteiger partial charge in [0.05, 0.1) is 12.8 Å². The highest BCUT2D eigenvalue weighted by atomic mass is 32.2. The van der Waals surface area contributed by atoms with Gasteiger partial charge in [0.15, 0.2) is 5.82 Å². The number of piperidine rings is 2. The maximum atomic E-state index is 12.9. The van der Waals surface area contributed by atoms with Crippen LogP contribution in [0.15, 0.2) is 12.1 Å². The molecular weight excluding hydrogens is 382 g/mol. The summed E-state index contributed by atoms with van der Waals surface area (Å²) < 4.78 is 30.7. The molecule has 1 amide bonds. The Morgan fingerprint density at radius 3 is 2.43 bits per heavy atom. The van der Waals surface area contributed by atoms with Crippen molar-refractivity contribution in [3.05, 3.63) is 12.1 Å².